The van der Waals surface area contributed by atoms with Gasteiger partial charge < -0.3 is 0 Å². The number of H-pyrrole nitrogens is 1. The Labute approximate surface area is 215 Å². The molecular formula is C32H63N2+. The van der Waals surface area contributed by atoms with E-state index in [1.807, 2.05) is 0 Å². The maximum Gasteiger partial charge on any atom is 0.257 e. The highest BCUT2D eigenvalue weighted by atomic mass is 15.1. The van der Waals surface area contributed by atoms with E-state index in [0.29, 0.717) is 12.0 Å². The molecule has 200 valence electrons. The van der Waals surface area contributed by atoms with Crippen molar-refractivity contribution in [2.24, 2.45) is 0 Å². The van der Waals surface area contributed by atoms with Crippen LogP contribution >= 0.6 is 0 Å². The molecule has 1 heterocycles. The van der Waals surface area contributed by atoms with Gasteiger partial charge in [0, 0.05) is 0 Å². The van der Waals surface area contributed by atoms with Crippen molar-refractivity contribution in [2.45, 2.75) is 187 Å². The minimum atomic E-state index is 0.623. The van der Waals surface area contributed by atoms with Crippen molar-refractivity contribution in [2.75, 3.05) is 0 Å². The van der Waals surface area contributed by atoms with Crippen molar-refractivity contribution in [3.63, 3.8) is 0 Å². The molecule has 1 aromatic heterocycles. The van der Waals surface area contributed by atoms with Crippen LogP contribution in [0, 0.1) is 0 Å². The second-order valence-corrected chi connectivity index (χ2v) is 11.1. The molecule has 2 heteroatoms. The molecule has 2 atom stereocenters. The van der Waals surface area contributed by atoms with Gasteiger partial charge in [-0.3, -0.25) is 0 Å². The number of imidazole rings is 1. The number of aromatic amines is 1. The van der Waals surface area contributed by atoms with Crippen molar-refractivity contribution in [1.82, 2.24) is 4.98 Å². The first-order chi connectivity index (χ1) is 16.7. The van der Waals surface area contributed by atoms with Gasteiger partial charge in [0.25, 0.3) is 5.82 Å². The van der Waals surface area contributed by atoms with Crippen LogP contribution in [-0.4, -0.2) is 4.98 Å². The third kappa shape index (κ3) is 15.3. The van der Waals surface area contributed by atoms with E-state index in [-0.39, 0.29) is 0 Å². The number of unbranched alkanes of at least 4 members (excludes halogenated alkanes) is 18. The molecule has 1 aromatic rings. The van der Waals surface area contributed by atoms with E-state index >= 15 is 0 Å². The predicted octanol–water partition coefficient (Wildman–Crippen LogP) is 11.0. The molecule has 0 aliphatic carbocycles. The Hall–Kier alpha value is -0.790. The van der Waals surface area contributed by atoms with Gasteiger partial charge in [-0.15, -0.1) is 0 Å². The van der Waals surface area contributed by atoms with E-state index in [0.717, 1.165) is 0 Å². The van der Waals surface area contributed by atoms with Gasteiger partial charge in [-0.2, -0.15) is 0 Å². The summed E-state index contributed by atoms with van der Waals surface area (Å²) in [5, 5.41) is 0. The van der Waals surface area contributed by atoms with Gasteiger partial charge in [0.2, 0.25) is 0 Å². The van der Waals surface area contributed by atoms with Crippen LogP contribution in [-0.2, 0) is 0 Å². The summed E-state index contributed by atoms with van der Waals surface area (Å²) in [4.78, 5) is 3.61. The highest BCUT2D eigenvalue weighted by molar-refractivity contribution is 4.89. The first kappa shape index (κ1) is 31.2. The zero-order valence-electron chi connectivity index (χ0n) is 24.0. The molecule has 0 aromatic carbocycles. The first-order valence-electron chi connectivity index (χ1n) is 15.8. The molecule has 0 saturated heterocycles. The third-order valence-electron chi connectivity index (χ3n) is 7.98. The van der Waals surface area contributed by atoms with E-state index < -0.39 is 0 Å². The molecule has 0 amide bonds. The van der Waals surface area contributed by atoms with Crippen molar-refractivity contribution in [3.8, 4) is 0 Å². The van der Waals surface area contributed by atoms with Crippen molar-refractivity contribution in [1.29, 1.82) is 0 Å². The molecule has 0 bridgehead atoms. The average Bonchev–Trinajstić information content (AvgIpc) is 3.33. The fourth-order valence-corrected chi connectivity index (χ4v) is 5.55. The minimum Gasteiger partial charge on any atom is -0.247 e. The largest absolute Gasteiger partial charge is 0.257 e. The summed E-state index contributed by atoms with van der Waals surface area (Å²) < 4.78 is 2.55. The predicted molar refractivity (Wildman–Crippen MR) is 152 cm³/mol. The summed E-state index contributed by atoms with van der Waals surface area (Å²) in [7, 11) is 0. The van der Waals surface area contributed by atoms with Crippen LogP contribution in [0.1, 0.15) is 193 Å². The molecule has 0 fully saturated rings. The number of rotatable bonds is 25. The fourth-order valence-electron chi connectivity index (χ4n) is 5.55. The summed E-state index contributed by atoms with van der Waals surface area (Å²) in [6.07, 6.45) is 37.0. The minimum absolute atomic E-state index is 0.623. The summed E-state index contributed by atoms with van der Waals surface area (Å²) in [5.74, 6) is 2.17. The molecule has 1 N–H and O–H groups in total. The highest BCUT2D eigenvalue weighted by Gasteiger charge is 2.24. The average molecular weight is 476 g/mol. The van der Waals surface area contributed by atoms with Crippen LogP contribution < -0.4 is 4.57 Å². The summed E-state index contributed by atoms with van der Waals surface area (Å²) >= 11 is 0. The molecular weight excluding hydrogens is 412 g/mol. The quantitative estimate of drug-likeness (QED) is 0.107. The van der Waals surface area contributed by atoms with E-state index in [1.165, 1.54) is 154 Å². The number of aromatic nitrogens is 2. The second-order valence-electron chi connectivity index (χ2n) is 11.1. The maximum absolute atomic E-state index is 3.61. The molecule has 2 nitrogen and oxygen atoms in total. The number of hydrogen-bond acceptors (Lipinski definition) is 0. The third-order valence-corrected chi connectivity index (χ3v) is 7.98. The zero-order chi connectivity index (χ0) is 24.7. The normalized spacial score (nSPS) is 13.4. The van der Waals surface area contributed by atoms with Gasteiger partial charge in [0.1, 0.15) is 12.4 Å². The Morgan fingerprint density at radius 3 is 1.47 bits per heavy atom. The lowest BCUT2D eigenvalue weighted by atomic mass is 9.96. The molecule has 2 unspecified atom stereocenters. The van der Waals surface area contributed by atoms with Gasteiger partial charge in [0.15, 0.2) is 0 Å². The van der Waals surface area contributed by atoms with Gasteiger partial charge in [-0.1, -0.05) is 143 Å². The molecule has 0 radical (unpaired) electrons. The van der Waals surface area contributed by atoms with Crippen LogP contribution in [0.15, 0.2) is 12.4 Å². The Balaban J connectivity index is 2.04. The Kier molecular flexibility index (Phi) is 20.8. The molecule has 0 spiro atoms. The summed E-state index contributed by atoms with van der Waals surface area (Å²) in [5.41, 5.74) is 0. The van der Waals surface area contributed by atoms with Gasteiger partial charge in [0.05, 0.1) is 12.0 Å². The van der Waals surface area contributed by atoms with E-state index in [4.69, 9.17) is 0 Å². The topological polar surface area (TPSA) is 19.7 Å². The number of nitrogens with one attached hydrogen (secondary N) is 1. The molecule has 0 aliphatic heterocycles. The molecule has 0 aliphatic rings. The standard InChI is InChI=1S/C32H62N2/c1-5-8-10-12-13-14-15-16-17-18-19-20-21-22-23-25-27-31(7-3)32-33-28-29-34(32)30(4)26-24-11-9-6-2/h28-31H,5-27H2,1-4H3/p+1. The van der Waals surface area contributed by atoms with Crippen LogP contribution in [0.2, 0.25) is 0 Å². The molecule has 34 heavy (non-hydrogen) atoms. The lowest BCUT2D eigenvalue weighted by Gasteiger charge is -2.15. The SMILES string of the molecule is CCCCCCCCCCCCCCCCCCC(CC)c1[nH]cc[n+]1C(C)CCCCCC. The van der Waals surface area contributed by atoms with Crippen LogP contribution in [0.3, 0.4) is 0 Å². The smallest absolute Gasteiger partial charge is 0.247 e. The monoisotopic (exact) mass is 475 g/mol. The molecule has 1 rings (SSSR count). The van der Waals surface area contributed by atoms with Crippen molar-refractivity contribution >= 4 is 0 Å². The fraction of sp³-hybridized carbons (Fsp3) is 0.906. The second kappa shape index (κ2) is 22.7. The lowest BCUT2D eigenvalue weighted by molar-refractivity contribution is -0.727. The summed E-state index contributed by atoms with van der Waals surface area (Å²) in [6.45, 7) is 9.38. The van der Waals surface area contributed by atoms with E-state index in [9.17, 15) is 0 Å². The Morgan fingerprint density at radius 2 is 1.00 bits per heavy atom. The maximum atomic E-state index is 3.61. The number of nitrogens with zero attached hydrogens (tertiary/aromatic N) is 1. The lowest BCUT2D eigenvalue weighted by Crippen LogP contribution is -2.41. The molecule has 0 saturated carbocycles. The van der Waals surface area contributed by atoms with Crippen LogP contribution in [0.5, 0.6) is 0 Å². The number of hydrogen-bond donors (Lipinski definition) is 1. The highest BCUT2D eigenvalue weighted by Crippen LogP contribution is 2.24. The van der Waals surface area contributed by atoms with Crippen molar-refractivity contribution < 1.29 is 4.57 Å². The first-order valence-corrected chi connectivity index (χ1v) is 15.8. The van der Waals surface area contributed by atoms with Crippen molar-refractivity contribution in [3.05, 3.63) is 18.2 Å². The Bertz CT molecular complexity index is 535. The van der Waals surface area contributed by atoms with Gasteiger partial charge >= 0.3 is 0 Å². The van der Waals surface area contributed by atoms with Gasteiger partial charge in [-0.05, 0) is 32.6 Å². The van der Waals surface area contributed by atoms with Crippen LogP contribution in [0.25, 0.3) is 0 Å². The Morgan fingerprint density at radius 1 is 0.588 bits per heavy atom. The van der Waals surface area contributed by atoms with Gasteiger partial charge in [-0.25, -0.2) is 9.55 Å². The van der Waals surface area contributed by atoms with Crippen LogP contribution in [0.4, 0.5) is 0 Å². The summed E-state index contributed by atoms with van der Waals surface area (Å²) in [6, 6.07) is 0.623. The van der Waals surface area contributed by atoms with E-state index in [1.54, 1.807) is 0 Å². The zero-order valence-corrected chi connectivity index (χ0v) is 24.0. The van der Waals surface area contributed by atoms with E-state index in [2.05, 4.69) is 49.6 Å².